The summed E-state index contributed by atoms with van der Waals surface area (Å²) in [6, 6.07) is 3.99. The molecular weight excluding hydrogens is 218 g/mol. The van der Waals surface area contributed by atoms with Crippen molar-refractivity contribution in [2.45, 2.75) is 26.7 Å². The second-order valence-corrected chi connectivity index (χ2v) is 5.17. The van der Waals surface area contributed by atoms with E-state index in [0.717, 1.165) is 27.0 Å². The maximum Gasteiger partial charge on any atom is 0.114 e. The Bertz CT molecular complexity index is 485. The van der Waals surface area contributed by atoms with Gasteiger partial charge in [-0.2, -0.15) is 0 Å². The van der Waals surface area contributed by atoms with Gasteiger partial charge in [0.15, 0.2) is 0 Å². The molecule has 0 spiro atoms. The number of nitrogens with zero attached hydrogens (tertiary/aromatic N) is 2. The fraction of sp³-hybridized carbons (Fsp3) is 0.333. The molecule has 0 aromatic carbocycles. The Morgan fingerprint density at radius 2 is 2.06 bits per heavy atom. The van der Waals surface area contributed by atoms with Crippen molar-refractivity contribution in [3.8, 4) is 11.3 Å². The number of aromatic nitrogens is 2. The van der Waals surface area contributed by atoms with E-state index in [1.165, 1.54) is 0 Å². The molecule has 0 aliphatic heterocycles. The topological polar surface area (TPSA) is 51.8 Å². The van der Waals surface area contributed by atoms with Crippen LogP contribution in [0.25, 0.3) is 11.3 Å². The van der Waals surface area contributed by atoms with Crippen molar-refractivity contribution in [3.63, 3.8) is 0 Å². The molecule has 0 unspecified atom stereocenters. The first kappa shape index (κ1) is 11.1. The van der Waals surface area contributed by atoms with Crippen LogP contribution in [-0.2, 0) is 0 Å². The molecule has 2 rings (SSSR count). The Balaban J connectivity index is 2.44. The van der Waals surface area contributed by atoms with Crippen LogP contribution in [0.15, 0.2) is 18.3 Å². The van der Waals surface area contributed by atoms with Crippen LogP contribution in [-0.4, -0.2) is 9.97 Å². The zero-order valence-electron chi connectivity index (χ0n) is 9.69. The van der Waals surface area contributed by atoms with E-state index in [4.69, 9.17) is 5.73 Å². The third-order valence-electron chi connectivity index (χ3n) is 2.35. The van der Waals surface area contributed by atoms with E-state index < -0.39 is 0 Å². The molecule has 2 heterocycles. The summed E-state index contributed by atoms with van der Waals surface area (Å²) in [4.78, 5) is 8.82. The zero-order chi connectivity index (χ0) is 11.7. The summed E-state index contributed by atoms with van der Waals surface area (Å²) in [7, 11) is 0. The molecule has 0 radical (unpaired) electrons. The molecule has 0 aliphatic rings. The van der Waals surface area contributed by atoms with Gasteiger partial charge in [-0.25, -0.2) is 4.98 Å². The Kier molecular flexibility index (Phi) is 2.92. The zero-order valence-corrected chi connectivity index (χ0v) is 10.5. The third kappa shape index (κ3) is 2.07. The number of thiazole rings is 1. The summed E-state index contributed by atoms with van der Waals surface area (Å²) in [5.41, 5.74) is 8.83. The van der Waals surface area contributed by atoms with Crippen LogP contribution in [0.1, 0.15) is 30.5 Å². The summed E-state index contributed by atoms with van der Waals surface area (Å²) in [6.07, 6.45) is 1.82. The van der Waals surface area contributed by atoms with Crippen molar-refractivity contribution in [3.05, 3.63) is 29.0 Å². The minimum absolute atomic E-state index is 0.416. The van der Waals surface area contributed by atoms with E-state index in [1.54, 1.807) is 11.3 Å². The summed E-state index contributed by atoms with van der Waals surface area (Å²) < 4.78 is 0. The number of hydrogen-bond acceptors (Lipinski definition) is 4. The lowest BCUT2D eigenvalue weighted by molar-refractivity contribution is 0.853. The summed E-state index contributed by atoms with van der Waals surface area (Å²) in [5, 5.41) is 1.85. The first-order valence-electron chi connectivity index (χ1n) is 5.27. The molecule has 0 saturated heterocycles. The van der Waals surface area contributed by atoms with E-state index >= 15 is 0 Å². The van der Waals surface area contributed by atoms with Gasteiger partial charge in [0.25, 0.3) is 0 Å². The van der Waals surface area contributed by atoms with Crippen molar-refractivity contribution in [1.29, 1.82) is 0 Å². The van der Waals surface area contributed by atoms with E-state index in [1.807, 2.05) is 25.3 Å². The van der Waals surface area contributed by atoms with Gasteiger partial charge in [-0.15, -0.1) is 11.3 Å². The van der Waals surface area contributed by atoms with Gasteiger partial charge < -0.3 is 5.73 Å². The lowest BCUT2D eigenvalue weighted by Crippen LogP contribution is -1.89. The summed E-state index contributed by atoms with van der Waals surface area (Å²) >= 11 is 1.56. The number of aryl methyl sites for hydroxylation is 1. The predicted octanol–water partition coefficient (Wildman–Crippen LogP) is 3.22. The number of rotatable bonds is 2. The highest BCUT2D eigenvalue weighted by Gasteiger charge is 2.12. The molecule has 4 heteroatoms. The second-order valence-electron chi connectivity index (χ2n) is 4.11. The molecule has 2 N–H and O–H groups in total. The Hall–Kier alpha value is -1.42. The van der Waals surface area contributed by atoms with Gasteiger partial charge in [-0.05, 0) is 19.1 Å². The number of nitrogen functional groups attached to an aromatic ring is 1. The molecule has 0 bridgehead atoms. The van der Waals surface area contributed by atoms with Crippen molar-refractivity contribution in [2.24, 2.45) is 0 Å². The predicted molar refractivity (Wildman–Crippen MR) is 68.6 cm³/mol. The Morgan fingerprint density at radius 3 is 2.56 bits per heavy atom. The van der Waals surface area contributed by atoms with Crippen LogP contribution in [0.4, 0.5) is 5.00 Å². The SMILES string of the molecule is Cc1ccc(-c2nc(C(C)C)sc2N)cn1. The van der Waals surface area contributed by atoms with Crippen LogP contribution in [0.5, 0.6) is 0 Å². The maximum atomic E-state index is 5.98. The minimum Gasteiger partial charge on any atom is -0.389 e. The van der Waals surface area contributed by atoms with Crippen LogP contribution >= 0.6 is 11.3 Å². The molecular formula is C12H15N3S. The molecule has 2 aromatic rings. The fourth-order valence-corrected chi connectivity index (χ4v) is 2.27. The first-order valence-corrected chi connectivity index (χ1v) is 6.09. The standard InChI is InChI=1S/C12H15N3S/c1-7(2)12-15-10(11(13)16-12)9-5-4-8(3)14-6-9/h4-7H,13H2,1-3H3. The molecule has 2 aromatic heterocycles. The first-order chi connectivity index (χ1) is 7.58. The summed E-state index contributed by atoms with van der Waals surface area (Å²) in [6.45, 7) is 6.21. The highest BCUT2D eigenvalue weighted by molar-refractivity contribution is 7.16. The van der Waals surface area contributed by atoms with Gasteiger partial charge in [0.1, 0.15) is 10.7 Å². The van der Waals surface area contributed by atoms with Crippen molar-refractivity contribution in [1.82, 2.24) is 9.97 Å². The molecule has 0 aliphatic carbocycles. The average molecular weight is 233 g/mol. The summed E-state index contributed by atoms with van der Waals surface area (Å²) in [5.74, 6) is 0.416. The normalized spacial score (nSPS) is 11.0. The van der Waals surface area contributed by atoms with Crippen molar-refractivity contribution >= 4 is 16.3 Å². The van der Waals surface area contributed by atoms with E-state index in [2.05, 4.69) is 23.8 Å². The fourth-order valence-electron chi connectivity index (χ4n) is 1.41. The van der Waals surface area contributed by atoms with Crippen LogP contribution in [0.3, 0.4) is 0 Å². The third-order valence-corrected chi connectivity index (χ3v) is 3.53. The van der Waals surface area contributed by atoms with Crippen LogP contribution < -0.4 is 5.73 Å². The Morgan fingerprint density at radius 1 is 1.31 bits per heavy atom. The van der Waals surface area contributed by atoms with Crippen LogP contribution in [0, 0.1) is 6.92 Å². The van der Waals surface area contributed by atoms with E-state index in [0.29, 0.717) is 5.92 Å². The molecule has 0 amide bonds. The highest BCUT2D eigenvalue weighted by Crippen LogP contribution is 2.33. The lowest BCUT2D eigenvalue weighted by atomic mass is 10.2. The Labute approximate surface area is 99.4 Å². The molecule has 16 heavy (non-hydrogen) atoms. The number of pyridine rings is 1. The molecule has 0 atom stereocenters. The minimum atomic E-state index is 0.416. The lowest BCUT2D eigenvalue weighted by Gasteiger charge is -1.99. The number of nitrogens with two attached hydrogens (primary N) is 1. The van der Waals surface area contributed by atoms with Crippen molar-refractivity contribution < 1.29 is 0 Å². The maximum absolute atomic E-state index is 5.98. The quantitative estimate of drug-likeness (QED) is 0.866. The van der Waals surface area contributed by atoms with Gasteiger partial charge in [0, 0.05) is 23.4 Å². The van der Waals surface area contributed by atoms with E-state index in [-0.39, 0.29) is 0 Å². The van der Waals surface area contributed by atoms with Crippen LogP contribution in [0.2, 0.25) is 0 Å². The van der Waals surface area contributed by atoms with Gasteiger partial charge in [0.05, 0.1) is 5.01 Å². The molecule has 0 fully saturated rings. The van der Waals surface area contributed by atoms with Gasteiger partial charge in [-0.3, -0.25) is 4.98 Å². The van der Waals surface area contributed by atoms with Gasteiger partial charge in [0.2, 0.25) is 0 Å². The molecule has 3 nitrogen and oxygen atoms in total. The molecule has 84 valence electrons. The van der Waals surface area contributed by atoms with Gasteiger partial charge in [-0.1, -0.05) is 13.8 Å². The second kappa shape index (κ2) is 4.22. The van der Waals surface area contributed by atoms with Gasteiger partial charge >= 0.3 is 0 Å². The highest BCUT2D eigenvalue weighted by atomic mass is 32.1. The van der Waals surface area contributed by atoms with E-state index in [9.17, 15) is 0 Å². The smallest absolute Gasteiger partial charge is 0.114 e. The number of anilines is 1. The average Bonchev–Trinajstić information content (AvgIpc) is 2.62. The van der Waals surface area contributed by atoms with Crippen molar-refractivity contribution in [2.75, 3.05) is 5.73 Å². The number of hydrogen-bond donors (Lipinski definition) is 1. The largest absolute Gasteiger partial charge is 0.389 e. The monoisotopic (exact) mass is 233 g/mol. The molecule has 0 saturated carbocycles.